The number of ether oxygens (including phenoxy) is 2. The summed E-state index contributed by atoms with van der Waals surface area (Å²) < 4.78 is 10.8. The Labute approximate surface area is 89.6 Å². The molecule has 0 amide bonds. The maximum Gasteiger partial charge on any atom is 0.218 e. The number of nitrogens with one attached hydrogen (secondary N) is 1. The molecular weight excluding hydrogens is 192 g/mol. The van der Waals surface area contributed by atoms with Gasteiger partial charge in [0.1, 0.15) is 6.10 Å². The van der Waals surface area contributed by atoms with Crippen LogP contribution in [0, 0.1) is 0 Å². The van der Waals surface area contributed by atoms with Gasteiger partial charge in [0, 0.05) is 17.8 Å². The van der Waals surface area contributed by atoms with Crippen LogP contribution in [0.1, 0.15) is 18.5 Å². The van der Waals surface area contributed by atoms with E-state index in [9.17, 15) is 0 Å². The van der Waals surface area contributed by atoms with Crippen molar-refractivity contribution in [3.05, 3.63) is 23.9 Å². The molecule has 0 radical (unpaired) electrons. The van der Waals surface area contributed by atoms with Gasteiger partial charge in [-0.1, -0.05) is 6.07 Å². The Morgan fingerprint density at radius 2 is 2.40 bits per heavy atom. The van der Waals surface area contributed by atoms with Gasteiger partial charge in [0.25, 0.3) is 0 Å². The molecule has 1 saturated heterocycles. The van der Waals surface area contributed by atoms with Crippen molar-refractivity contribution in [1.82, 2.24) is 10.3 Å². The fourth-order valence-electron chi connectivity index (χ4n) is 1.43. The summed E-state index contributed by atoms with van der Waals surface area (Å²) >= 11 is 0. The Hall–Kier alpha value is -1.13. The molecule has 1 aromatic heterocycles. The molecule has 4 heteroatoms. The third-order valence-corrected chi connectivity index (χ3v) is 2.59. The molecule has 15 heavy (non-hydrogen) atoms. The van der Waals surface area contributed by atoms with E-state index in [2.05, 4.69) is 17.2 Å². The van der Waals surface area contributed by atoms with Gasteiger partial charge in [0.15, 0.2) is 0 Å². The zero-order chi connectivity index (χ0) is 10.7. The summed E-state index contributed by atoms with van der Waals surface area (Å²) in [4.78, 5) is 4.25. The molecule has 0 bridgehead atoms. The van der Waals surface area contributed by atoms with Crippen molar-refractivity contribution in [2.75, 3.05) is 20.3 Å². The van der Waals surface area contributed by atoms with Gasteiger partial charge in [-0.3, -0.25) is 0 Å². The topological polar surface area (TPSA) is 43.4 Å². The zero-order valence-corrected chi connectivity index (χ0v) is 9.06. The maximum absolute atomic E-state index is 5.73. The molecule has 82 valence electrons. The Balaban J connectivity index is 2.13. The summed E-state index contributed by atoms with van der Waals surface area (Å²) in [5, 5.41) is 3.18. The van der Waals surface area contributed by atoms with Gasteiger partial charge in [0.05, 0.1) is 13.2 Å². The number of hydrogen-bond acceptors (Lipinski definition) is 4. The molecule has 1 unspecified atom stereocenters. The highest BCUT2D eigenvalue weighted by atomic mass is 16.6. The van der Waals surface area contributed by atoms with Crippen molar-refractivity contribution in [1.29, 1.82) is 0 Å². The highest BCUT2D eigenvalue weighted by molar-refractivity contribution is 5.28. The quantitative estimate of drug-likeness (QED) is 0.805. The second-order valence-corrected chi connectivity index (χ2v) is 3.69. The highest BCUT2D eigenvalue weighted by Gasteiger charge is 2.22. The smallest absolute Gasteiger partial charge is 0.218 e. The largest absolute Gasteiger partial charge is 0.469 e. The molecule has 2 rings (SSSR count). The summed E-state index contributed by atoms with van der Waals surface area (Å²) in [6.45, 7) is 3.43. The number of nitrogens with zero attached hydrogens (tertiary/aromatic N) is 1. The van der Waals surface area contributed by atoms with E-state index in [0.29, 0.717) is 19.1 Å². The summed E-state index contributed by atoms with van der Waals surface area (Å²) in [5.74, 6) is 0.715. The lowest BCUT2D eigenvalue weighted by Crippen LogP contribution is -2.39. The van der Waals surface area contributed by atoms with Crippen LogP contribution in [0.25, 0.3) is 0 Å². The molecule has 0 aliphatic carbocycles. The van der Waals surface area contributed by atoms with Crippen LogP contribution in [0.5, 0.6) is 5.88 Å². The van der Waals surface area contributed by atoms with E-state index < -0.39 is 0 Å². The van der Waals surface area contributed by atoms with Crippen LogP contribution >= 0.6 is 0 Å². The molecule has 1 atom stereocenters. The van der Waals surface area contributed by atoms with E-state index in [1.165, 1.54) is 0 Å². The summed E-state index contributed by atoms with van der Waals surface area (Å²) in [6, 6.07) is 4.20. The minimum atomic E-state index is 0.169. The fourth-order valence-corrected chi connectivity index (χ4v) is 1.43. The Morgan fingerprint density at radius 3 is 3.00 bits per heavy atom. The van der Waals surface area contributed by atoms with E-state index in [1.807, 2.05) is 19.2 Å². The average Bonchev–Trinajstić information content (AvgIpc) is 2.23. The second-order valence-electron chi connectivity index (χ2n) is 3.69. The van der Waals surface area contributed by atoms with E-state index in [0.717, 1.165) is 5.56 Å². The molecule has 1 fully saturated rings. The molecule has 4 nitrogen and oxygen atoms in total. The molecule has 0 spiro atoms. The normalized spacial score (nSPS) is 18.3. The predicted octanol–water partition coefficient (Wildman–Crippen LogP) is 1.14. The minimum absolute atomic E-state index is 0.169. The third-order valence-electron chi connectivity index (χ3n) is 2.59. The van der Waals surface area contributed by atoms with Crippen LogP contribution in [0.2, 0.25) is 0 Å². The Kier molecular flexibility index (Phi) is 3.18. The molecule has 0 aromatic carbocycles. The van der Waals surface area contributed by atoms with E-state index in [4.69, 9.17) is 9.47 Å². The van der Waals surface area contributed by atoms with E-state index >= 15 is 0 Å². The summed E-state index contributed by atoms with van der Waals surface area (Å²) in [6.07, 6.45) is 1.92. The Morgan fingerprint density at radius 1 is 1.60 bits per heavy atom. The number of pyridine rings is 1. The first-order valence-electron chi connectivity index (χ1n) is 5.18. The molecule has 0 saturated carbocycles. The molecule has 1 aliphatic heterocycles. The van der Waals surface area contributed by atoms with Crippen LogP contribution in [-0.2, 0) is 4.74 Å². The molecule has 1 N–H and O–H groups in total. The van der Waals surface area contributed by atoms with Crippen molar-refractivity contribution in [2.24, 2.45) is 0 Å². The number of hydrogen-bond donors (Lipinski definition) is 1. The zero-order valence-electron chi connectivity index (χ0n) is 9.06. The molecular formula is C11H16N2O2. The van der Waals surface area contributed by atoms with Gasteiger partial charge >= 0.3 is 0 Å². The number of aromatic nitrogens is 1. The van der Waals surface area contributed by atoms with Gasteiger partial charge in [-0.25, -0.2) is 4.98 Å². The van der Waals surface area contributed by atoms with Crippen molar-refractivity contribution >= 4 is 0 Å². The lowest BCUT2D eigenvalue weighted by Gasteiger charge is -2.27. The van der Waals surface area contributed by atoms with Crippen LogP contribution in [0.3, 0.4) is 0 Å². The lowest BCUT2D eigenvalue weighted by atomic mass is 10.1. The third kappa shape index (κ3) is 2.27. The fraction of sp³-hybridized carbons (Fsp3) is 0.545. The van der Waals surface area contributed by atoms with Crippen LogP contribution in [-0.4, -0.2) is 31.3 Å². The first-order chi connectivity index (χ1) is 7.31. The molecule has 1 aliphatic rings. The van der Waals surface area contributed by atoms with Gasteiger partial charge in [-0.2, -0.15) is 0 Å². The van der Waals surface area contributed by atoms with Gasteiger partial charge in [-0.05, 0) is 20.0 Å². The van der Waals surface area contributed by atoms with Crippen molar-refractivity contribution in [3.63, 3.8) is 0 Å². The van der Waals surface area contributed by atoms with Gasteiger partial charge < -0.3 is 14.8 Å². The summed E-state index contributed by atoms with van der Waals surface area (Å²) in [5.41, 5.74) is 1.09. The Bertz CT molecular complexity index is 326. The predicted molar refractivity (Wildman–Crippen MR) is 56.9 cm³/mol. The maximum atomic E-state index is 5.73. The van der Waals surface area contributed by atoms with Gasteiger partial charge in [-0.15, -0.1) is 0 Å². The van der Waals surface area contributed by atoms with Crippen LogP contribution in [0.15, 0.2) is 18.3 Å². The number of rotatable bonds is 4. The SMILES string of the molecule is CNC(C)c1cccnc1OC1COC1. The van der Waals surface area contributed by atoms with Gasteiger partial charge in [0.2, 0.25) is 5.88 Å². The van der Waals surface area contributed by atoms with Crippen molar-refractivity contribution in [2.45, 2.75) is 19.1 Å². The standard InChI is InChI=1S/C11H16N2O2/c1-8(12-2)10-4-3-5-13-11(10)15-9-6-14-7-9/h3-5,8-9,12H,6-7H2,1-2H3. The minimum Gasteiger partial charge on any atom is -0.469 e. The average molecular weight is 208 g/mol. The van der Waals surface area contributed by atoms with Crippen molar-refractivity contribution < 1.29 is 9.47 Å². The van der Waals surface area contributed by atoms with Crippen molar-refractivity contribution in [3.8, 4) is 5.88 Å². The van der Waals surface area contributed by atoms with Crippen LogP contribution in [0.4, 0.5) is 0 Å². The lowest BCUT2D eigenvalue weighted by molar-refractivity contribution is -0.0817. The van der Waals surface area contributed by atoms with Crippen LogP contribution < -0.4 is 10.1 Å². The molecule has 1 aromatic rings. The van der Waals surface area contributed by atoms with E-state index in [1.54, 1.807) is 6.20 Å². The highest BCUT2D eigenvalue weighted by Crippen LogP contribution is 2.23. The van der Waals surface area contributed by atoms with E-state index in [-0.39, 0.29) is 12.1 Å². The second kappa shape index (κ2) is 4.59. The monoisotopic (exact) mass is 208 g/mol. The first kappa shape index (κ1) is 10.4. The molecule has 2 heterocycles. The summed E-state index contributed by atoms with van der Waals surface area (Å²) in [7, 11) is 1.92. The first-order valence-corrected chi connectivity index (χ1v) is 5.18.